The fraction of sp³-hybridized carbons (Fsp3) is 0.350. The average Bonchev–Trinajstić information content (AvgIpc) is 3.28. The van der Waals surface area contributed by atoms with Gasteiger partial charge >= 0.3 is 0 Å². The smallest absolute Gasteiger partial charge is 0.253 e. The van der Waals surface area contributed by atoms with Crippen molar-refractivity contribution in [2.24, 2.45) is 0 Å². The van der Waals surface area contributed by atoms with Crippen molar-refractivity contribution in [1.29, 1.82) is 0 Å². The first-order valence-corrected chi connectivity index (χ1v) is 9.29. The van der Waals surface area contributed by atoms with Crippen LogP contribution < -0.4 is 21.5 Å². The van der Waals surface area contributed by atoms with E-state index in [0.717, 1.165) is 24.4 Å². The van der Waals surface area contributed by atoms with Crippen molar-refractivity contribution in [2.45, 2.75) is 12.6 Å². The summed E-state index contributed by atoms with van der Waals surface area (Å²) < 4.78 is 11.0. The van der Waals surface area contributed by atoms with Gasteiger partial charge in [0.2, 0.25) is 0 Å². The van der Waals surface area contributed by atoms with E-state index in [4.69, 9.17) is 9.15 Å². The average molecular weight is 382 g/mol. The van der Waals surface area contributed by atoms with E-state index in [1.54, 1.807) is 18.7 Å². The third-order valence-corrected chi connectivity index (χ3v) is 4.96. The molecule has 0 radical (unpaired) electrons. The second kappa shape index (κ2) is 8.37. The Morgan fingerprint density at radius 3 is 2.43 bits per heavy atom. The van der Waals surface area contributed by atoms with Crippen LogP contribution in [0.2, 0.25) is 0 Å². The minimum absolute atomic E-state index is 0.0450. The van der Waals surface area contributed by atoms with Gasteiger partial charge in [-0.2, -0.15) is 0 Å². The molecule has 1 aliphatic rings. The molecule has 0 spiro atoms. The largest absolute Gasteiger partial charge is 0.468 e. The number of aromatic nitrogens is 1. The van der Waals surface area contributed by atoms with Crippen LogP contribution in [0.15, 0.2) is 56.9 Å². The summed E-state index contributed by atoms with van der Waals surface area (Å²) in [6.07, 6.45) is 5.02. The number of morpholine rings is 1. The molecule has 0 amide bonds. The zero-order valence-corrected chi connectivity index (χ0v) is 15.4. The molecule has 1 aliphatic heterocycles. The van der Waals surface area contributed by atoms with Gasteiger partial charge in [0, 0.05) is 38.6 Å². The van der Waals surface area contributed by atoms with Gasteiger partial charge in [-0.1, -0.05) is 0 Å². The summed E-state index contributed by atoms with van der Waals surface area (Å²) in [5.74, 6) is 0.819. The van der Waals surface area contributed by atoms with Gasteiger partial charge in [-0.15, -0.1) is 0 Å². The number of ether oxygens (including phenoxy) is 1. The molecule has 146 valence electrons. The van der Waals surface area contributed by atoms with Crippen LogP contribution in [-0.4, -0.2) is 42.7 Å². The van der Waals surface area contributed by atoms with Crippen LogP contribution in [0.1, 0.15) is 17.4 Å². The molecule has 2 aromatic heterocycles. The fourth-order valence-electron chi connectivity index (χ4n) is 3.40. The number of furan rings is 1. The molecule has 1 fully saturated rings. The molecule has 0 unspecified atom stereocenters. The standard InChI is InChI=1S/C20H22N4O4/c25-19-17(22-12-14-3-5-21-6-4-14)18(20(19)26)23-13-15(16-2-1-9-28-16)24-7-10-27-11-8-24/h1-6,9,15,22-23H,7-8,10-13H2/t15-/m0/s1. The molecule has 1 saturated heterocycles. The van der Waals surface area contributed by atoms with E-state index < -0.39 is 10.9 Å². The molecular formula is C20H22N4O4. The first-order chi connectivity index (χ1) is 13.7. The van der Waals surface area contributed by atoms with Gasteiger partial charge in [-0.05, 0) is 29.8 Å². The summed E-state index contributed by atoms with van der Waals surface area (Å²) in [5, 5.41) is 6.23. The lowest BCUT2D eigenvalue weighted by Crippen LogP contribution is -2.43. The summed E-state index contributed by atoms with van der Waals surface area (Å²) in [6, 6.07) is 7.44. The molecule has 0 bridgehead atoms. The van der Waals surface area contributed by atoms with E-state index in [-0.39, 0.29) is 6.04 Å². The highest BCUT2D eigenvalue weighted by Crippen LogP contribution is 2.24. The first kappa shape index (κ1) is 18.4. The van der Waals surface area contributed by atoms with Crippen LogP contribution in [0.25, 0.3) is 0 Å². The van der Waals surface area contributed by atoms with Crippen LogP contribution in [0.4, 0.5) is 11.4 Å². The summed E-state index contributed by atoms with van der Waals surface area (Å²) in [7, 11) is 0. The summed E-state index contributed by atoms with van der Waals surface area (Å²) in [4.78, 5) is 30.3. The zero-order chi connectivity index (χ0) is 19.3. The molecule has 8 nitrogen and oxygen atoms in total. The van der Waals surface area contributed by atoms with Crippen molar-refractivity contribution in [3.63, 3.8) is 0 Å². The molecule has 0 saturated carbocycles. The maximum Gasteiger partial charge on any atom is 0.253 e. The van der Waals surface area contributed by atoms with Gasteiger partial charge in [0.05, 0.1) is 25.5 Å². The molecule has 8 heteroatoms. The number of nitrogens with zero attached hydrogens (tertiary/aromatic N) is 2. The second-order valence-electron chi connectivity index (χ2n) is 6.68. The molecular weight excluding hydrogens is 360 g/mol. The normalized spacial score (nSPS) is 16.1. The van der Waals surface area contributed by atoms with Gasteiger partial charge in [-0.25, -0.2) is 0 Å². The van der Waals surface area contributed by atoms with E-state index in [9.17, 15) is 9.59 Å². The monoisotopic (exact) mass is 382 g/mol. The number of hydrogen-bond acceptors (Lipinski definition) is 8. The van der Waals surface area contributed by atoms with Gasteiger partial charge in [0.25, 0.3) is 10.9 Å². The molecule has 2 N–H and O–H groups in total. The molecule has 4 rings (SSSR count). The number of nitrogens with one attached hydrogen (secondary N) is 2. The lowest BCUT2D eigenvalue weighted by Gasteiger charge is -2.33. The highest BCUT2D eigenvalue weighted by Gasteiger charge is 2.27. The Morgan fingerprint density at radius 2 is 1.75 bits per heavy atom. The van der Waals surface area contributed by atoms with E-state index in [1.807, 2.05) is 24.3 Å². The third-order valence-electron chi connectivity index (χ3n) is 4.96. The summed E-state index contributed by atoms with van der Waals surface area (Å²) in [6.45, 7) is 3.81. The first-order valence-electron chi connectivity index (χ1n) is 9.29. The van der Waals surface area contributed by atoms with Crippen molar-refractivity contribution in [3.05, 3.63) is 74.7 Å². The topological polar surface area (TPSA) is 96.7 Å². The maximum atomic E-state index is 12.1. The SMILES string of the molecule is O=c1c(NCc2ccncc2)c(NC[C@@H](c2ccco2)N2CCOCC2)c1=O. The van der Waals surface area contributed by atoms with Crippen molar-refractivity contribution in [3.8, 4) is 0 Å². The Balaban J connectivity index is 1.45. The van der Waals surface area contributed by atoms with E-state index >= 15 is 0 Å². The van der Waals surface area contributed by atoms with Gasteiger partial charge in [0.15, 0.2) is 0 Å². The Morgan fingerprint density at radius 1 is 1.04 bits per heavy atom. The van der Waals surface area contributed by atoms with Crippen LogP contribution in [0, 0.1) is 0 Å². The molecule has 1 atom stereocenters. The van der Waals surface area contributed by atoms with E-state index in [2.05, 4.69) is 20.5 Å². The number of hydrogen-bond donors (Lipinski definition) is 2. The van der Waals surface area contributed by atoms with E-state index in [1.165, 1.54) is 0 Å². The predicted octanol–water partition coefficient (Wildman–Crippen LogP) is 1.37. The molecule has 1 aromatic carbocycles. The van der Waals surface area contributed by atoms with Crippen molar-refractivity contribution >= 4 is 11.4 Å². The highest BCUT2D eigenvalue weighted by atomic mass is 16.5. The minimum atomic E-state index is -0.489. The minimum Gasteiger partial charge on any atom is -0.468 e. The van der Waals surface area contributed by atoms with Crippen LogP contribution in [0.5, 0.6) is 0 Å². The highest BCUT2D eigenvalue weighted by molar-refractivity contribution is 5.74. The quantitative estimate of drug-likeness (QED) is 0.564. The van der Waals surface area contributed by atoms with Crippen molar-refractivity contribution in [2.75, 3.05) is 43.5 Å². The van der Waals surface area contributed by atoms with Crippen molar-refractivity contribution < 1.29 is 9.15 Å². The number of anilines is 2. The lowest BCUT2D eigenvalue weighted by molar-refractivity contribution is 0.0144. The van der Waals surface area contributed by atoms with Crippen LogP contribution in [-0.2, 0) is 11.3 Å². The number of rotatable bonds is 8. The van der Waals surface area contributed by atoms with Gasteiger partial charge in [0.1, 0.15) is 17.1 Å². The number of pyridine rings is 1. The molecule has 28 heavy (non-hydrogen) atoms. The third kappa shape index (κ3) is 3.83. The zero-order valence-electron chi connectivity index (χ0n) is 15.4. The fourth-order valence-corrected chi connectivity index (χ4v) is 3.40. The van der Waals surface area contributed by atoms with Gasteiger partial charge in [-0.3, -0.25) is 19.5 Å². The predicted molar refractivity (Wildman–Crippen MR) is 105 cm³/mol. The Kier molecular flexibility index (Phi) is 5.50. The second-order valence-corrected chi connectivity index (χ2v) is 6.68. The lowest BCUT2D eigenvalue weighted by atomic mass is 10.1. The van der Waals surface area contributed by atoms with Gasteiger partial charge < -0.3 is 19.8 Å². The molecule has 3 aromatic rings. The maximum absolute atomic E-state index is 12.1. The van der Waals surface area contributed by atoms with Crippen LogP contribution in [0.3, 0.4) is 0 Å². The Hall–Kier alpha value is -2.97. The Labute approximate surface area is 161 Å². The van der Waals surface area contributed by atoms with Crippen LogP contribution >= 0.6 is 0 Å². The molecule has 0 aliphatic carbocycles. The van der Waals surface area contributed by atoms with Crippen molar-refractivity contribution in [1.82, 2.24) is 9.88 Å². The summed E-state index contributed by atoms with van der Waals surface area (Å²) >= 11 is 0. The van der Waals surface area contributed by atoms with E-state index in [0.29, 0.717) is 37.7 Å². The Bertz CT molecular complexity index is 958. The summed E-state index contributed by atoms with van der Waals surface area (Å²) in [5.41, 5.74) is 0.677. The molecule has 3 heterocycles.